The molecule has 0 aliphatic rings. The molecule has 3 nitrogen and oxygen atoms in total. The number of halogens is 19. The molecule has 0 N–H and O–H groups in total. The van der Waals surface area contributed by atoms with E-state index >= 15 is 0 Å². The van der Waals surface area contributed by atoms with Gasteiger partial charge in [-0.1, -0.05) is 95.1 Å². The fourth-order valence-electron chi connectivity index (χ4n) is 5.32. The number of aryl methyl sites for hydroxylation is 8. The summed E-state index contributed by atoms with van der Waals surface area (Å²) in [6, 6.07) is 36.8. The van der Waals surface area contributed by atoms with E-state index in [1.54, 1.807) is 71.0 Å². The number of alkyl halides is 10. The molecule has 444 valence electrons. The molecule has 0 radical (unpaired) electrons. The van der Waals surface area contributed by atoms with Gasteiger partial charge in [0.15, 0.2) is 40.7 Å². The maximum Gasteiger partial charge on any atom is 0.573 e. The van der Waals surface area contributed by atoms with Crippen LogP contribution in [0.25, 0.3) is 0 Å². The normalized spacial score (nSPS) is 10.4. The molecule has 0 spiro atoms. The summed E-state index contributed by atoms with van der Waals surface area (Å²) in [4.78, 5) is 0. The van der Waals surface area contributed by atoms with Crippen LogP contribution in [0.5, 0.6) is 17.2 Å². The molecule has 8 aromatic carbocycles. The van der Waals surface area contributed by atoms with Crippen molar-refractivity contribution in [3.05, 3.63) is 266 Å². The highest BCUT2D eigenvalue weighted by Gasteiger charge is 2.31. The highest BCUT2D eigenvalue weighted by Crippen LogP contribution is 2.29. The summed E-state index contributed by atoms with van der Waals surface area (Å²) in [6.45, 7) is 7.97. The summed E-state index contributed by atoms with van der Waals surface area (Å²) < 4.78 is 239. The smallest absolute Gasteiger partial charge is 0.435 e. The predicted molar refractivity (Wildman–Crippen MR) is 274 cm³/mol. The molecule has 8 aromatic rings. The van der Waals surface area contributed by atoms with Crippen LogP contribution in [0.2, 0.25) is 0 Å². The monoisotopic (exact) mass is 1180 g/mol. The highest BCUT2D eigenvalue weighted by molar-refractivity contribution is 5.29. The van der Waals surface area contributed by atoms with Crippen molar-refractivity contribution in [2.45, 2.75) is 81.2 Å². The summed E-state index contributed by atoms with van der Waals surface area (Å²) in [5, 5.41) is 0. The van der Waals surface area contributed by atoms with E-state index in [4.69, 9.17) is 0 Å². The van der Waals surface area contributed by atoms with Crippen molar-refractivity contribution < 1.29 is 97.6 Å². The fourth-order valence-corrected chi connectivity index (χ4v) is 5.32. The maximum absolute atomic E-state index is 12.8. The lowest BCUT2D eigenvalue weighted by Crippen LogP contribution is -2.16. The van der Waals surface area contributed by atoms with E-state index < -0.39 is 83.6 Å². The Hall–Kier alpha value is -8.17. The highest BCUT2D eigenvalue weighted by atomic mass is 19.4. The minimum Gasteiger partial charge on any atom is -0.435 e. The number of rotatable bonds is 5. The Morgan fingerprint density at radius 2 is 0.707 bits per heavy atom. The molecule has 8 rings (SSSR count). The first kappa shape index (κ1) is 71.8. The van der Waals surface area contributed by atoms with Gasteiger partial charge in [-0.15, -0.1) is 13.2 Å². The Kier molecular flexibility index (Phi) is 31.1. The Morgan fingerprint density at radius 1 is 0.317 bits per heavy atom. The summed E-state index contributed by atoms with van der Waals surface area (Å²) in [7, 11) is 0. The van der Waals surface area contributed by atoms with Crippen molar-refractivity contribution in [3.8, 4) is 17.2 Å². The summed E-state index contributed by atoms with van der Waals surface area (Å²) in [5.74, 6) is -7.60. The first-order valence-electron chi connectivity index (χ1n) is 23.4. The molecule has 0 bridgehead atoms. The van der Waals surface area contributed by atoms with Crippen LogP contribution >= 0.6 is 0 Å². The average Bonchev–Trinajstić information content (AvgIpc) is 3.47. The van der Waals surface area contributed by atoms with E-state index in [1.807, 2.05) is 13.8 Å². The first-order chi connectivity index (χ1) is 38.1. The van der Waals surface area contributed by atoms with Crippen molar-refractivity contribution in [1.82, 2.24) is 0 Å². The van der Waals surface area contributed by atoms with Crippen molar-refractivity contribution in [3.63, 3.8) is 0 Å². The molecule has 82 heavy (non-hydrogen) atoms. The molecule has 0 saturated carbocycles. The van der Waals surface area contributed by atoms with E-state index in [0.29, 0.717) is 11.1 Å². The van der Waals surface area contributed by atoms with Gasteiger partial charge in [0.2, 0.25) is 0 Å². The molecule has 0 atom stereocenters. The second kappa shape index (κ2) is 35.5. The van der Waals surface area contributed by atoms with Gasteiger partial charge in [0, 0.05) is 6.07 Å². The minimum atomic E-state index is -4.60. The molecule has 0 aromatic heterocycles. The van der Waals surface area contributed by atoms with Crippen molar-refractivity contribution in [2.24, 2.45) is 0 Å². The minimum absolute atomic E-state index is 0.110. The lowest BCUT2D eigenvalue weighted by Gasteiger charge is -2.08. The number of ether oxygens (including phenoxy) is 3. The SMILES string of the molecule is Cc1ccc(C(F)(F)F)cc1.Cc1ccc(F)c(F)c1.Cc1ccc(F)c(F)c1F.Cc1ccc(F)cc1.Cc1ccc(F)cc1F.Cc1ccc(OC(F)(F)F)cc1.Cc1ccc(OC(F)F)c(F)c1.Cc1ccc(OC(F)F)cc1. The standard InChI is InChI=1S/2C8H7F3O.C8H7F3.C8H8F2O.C7H5F3.2C7H6F2.C7H7F/c1-6-2-4-7(5-3-6)12-8(9,10)11;1-5-2-3-7(6(9)4-5)12-8(10)11;1-6-2-4-7(5-3-6)8(9,10)11;1-6-2-4-7(5-3-6)11-8(9)10;1-4-2-3-5(8)7(10)6(4)9;1-5-2-3-6(8)4-7(5)9;1-5-2-3-6(8)7(9)4-5;1-6-2-4-7(8)5-3-6/h2-5H,1H3;2-4,8H,1H3;2-5H,1H3;2-5,8H,1H3;2-3H,1H3;2*2-4H,1H3;2-5H,1H3. The van der Waals surface area contributed by atoms with Gasteiger partial charge in [-0.25, -0.2) is 39.5 Å². The van der Waals surface area contributed by atoms with E-state index in [-0.39, 0.29) is 22.9 Å². The van der Waals surface area contributed by atoms with Crippen molar-refractivity contribution in [1.29, 1.82) is 0 Å². The topological polar surface area (TPSA) is 27.7 Å². The second-order valence-electron chi connectivity index (χ2n) is 16.8. The summed E-state index contributed by atoms with van der Waals surface area (Å²) in [5.41, 5.74) is 5.21. The van der Waals surface area contributed by atoms with Crippen LogP contribution in [-0.2, 0) is 6.18 Å². The van der Waals surface area contributed by atoms with Gasteiger partial charge in [-0.05, 0) is 163 Å². The Morgan fingerprint density at radius 3 is 1.09 bits per heavy atom. The Bertz CT molecular complexity index is 2990. The molecule has 22 heteroatoms. The third-order valence-electron chi connectivity index (χ3n) is 9.63. The predicted octanol–water partition coefficient (Wildman–Crippen LogP) is 20.3. The quantitative estimate of drug-likeness (QED) is 0.127. The van der Waals surface area contributed by atoms with E-state index in [1.165, 1.54) is 91.9 Å². The van der Waals surface area contributed by atoms with Crippen LogP contribution in [0.4, 0.5) is 83.4 Å². The van der Waals surface area contributed by atoms with Crippen LogP contribution in [-0.4, -0.2) is 19.6 Å². The lowest BCUT2D eigenvalue weighted by atomic mass is 10.1. The van der Waals surface area contributed by atoms with Crippen LogP contribution < -0.4 is 14.2 Å². The first-order valence-corrected chi connectivity index (χ1v) is 23.4. The van der Waals surface area contributed by atoms with Gasteiger partial charge >= 0.3 is 25.8 Å². The zero-order chi connectivity index (χ0) is 62.5. The third kappa shape index (κ3) is 31.6. The van der Waals surface area contributed by atoms with Crippen LogP contribution in [0, 0.1) is 108 Å². The number of benzene rings is 8. The zero-order valence-corrected chi connectivity index (χ0v) is 44.6. The fraction of sp³-hybridized carbons (Fsp3) is 0.200. The van der Waals surface area contributed by atoms with Gasteiger partial charge in [0.25, 0.3) is 0 Å². The zero-order valence-electron chi connectivity index (χ0n) is 44.6. The van der Waals surface area contributed by atoms with Crippen molar-refractivity contribution in [2.75, 3.05) is 0 Å². The molecule has 0 aliphatic carbocycles. The van der Waals surface area contributed by atoms with Crippen molar-refractivity contribution >= 4 is 0 Å². The molecular formula is C60H53F19O3. The summed E-state index contributed by atoms with van der Waals surface area (Å²) in [6.07, 6.45) is -8.82. The Labute approximate surface area is 461 Å². The van der Waals surface area contributed by atoms with E-state index in [0.717, 1.165) is 70.3 Å². The molecule has 0 amide bonds. The van der Waals surface area contributed by atoms with Gasteiger partial charge in [-0.2, -0.15) is 30.7 Å². The Balaban J connectivity index is 0.000000470. The molecule has 0 unspecified atom stereocenters. The molecule has 0 fully saturated rings. The van der Waals surface area contributed by atoms with E-state index in [2.05, 4.69) is 14.2 Å². The third-order valence-corrected chi connectivity index (χ3v) is 9.63. The van der Waals surface area contributed by atoms with Gasteiger partial charge in [0.1, 0.15) is 29.0 Å². The lowest BCUT2D eigenvalue weighted by molar-refractivity contribution is -0.274. The van der Waals surface area contributed by atoms with Crippen LogP contribution in [0.3, 0.4) is 0 Å². The van der Waals surface area contributed by atoms with Gasteiger partial charge in [-0.3, -0.25) is 0 Å². The largest absolute Gasteiger partial charge is 0.573 e. The molecular weight excluding hydrogens is 1130 g/mol. The average molecular weight is 1180 g/mol. The number of hydrogen-bond acceptors (Lipinski definition) is 3. The van der Waals surface area contributed by atoms with Gasteiger partial charge in [0.05, 0.1) is 5.56 Å². The van der Waals surface area contributed by atoms with Crippen LogP contribution in [0.15, 0.2) is 164 Å². The van der Waals surface area contributed by atoms with Crippen LogP contribution in [0.1, 0.15) is 50.1 Å². The van der Waals surface area contributed by atoms with E-state index in [9.17, 15) is 83.4 Å². The second-order valence-corrected chi connectivity index (χ2v) is 16.8. The number of hydrogen-bond donors (Lipinski definition) is 0. The van der Waals surface area contributed by atoms with Gasteiger partial charge < -0.3 is 14.2 Å². The summed E-state index contributed by atoms with van der Waals surface area (Å²) >= 11 is 0. The maximum atomic E-state index is 12.8. The molecule has 0 heterocycles. The molecule has 0 aliphatic heterocycles. The molecule has 0 saturated heterocycles.